The summed E-state index contributed by atoms with van der Waals surface area (Å²) in [5, 5.41) is 13.4. The van der Waals surface area contributed by atoms with E-state index in [2.05, 4.69) is 10.0 Å². The molecule has 1 aliphatic heterocycles. The predicted octanol–water partition coefficient (Wildman–Crippen LogP) is 5.26. The predicted molar refractivity (Wildman–Crippen MR) is 182 cm³/mol. The van der Waals surface area contributed by atoms with E-state index in [1.807, 2.05) is 13.8 Å². The van der Waals surface area contributed by atoms with Crippen molar-refractivity contribution < 1.29 is 32.6 Å². The van der Waals surface area contributed by atoms with E-state index in [-0.39, 0.29) is 59.5 Å². The zero-order valence-corrected chi connectivity index (χ0v) is 29.0. The Hall–Kier alpha value is -3.35. The van der Waals surface area contributed by atoms with Crippen LogP contribution in [0.3, 0.4) is 0 Å². The first-order chi connectivity index (χ1) is 22.5. The molecule has 1 fully saturated rings. The molecule has 4 rings (SSSR count). The molecule has 1 heterocycles. The first kappa shape index (κ1) is 36.5. The molecule has 4 atom stereocenters. The number of aliphatic hydroxyl groups is 1. The van der Waals surface area contributed by atoms with Crippen LogP contribution in [-0.4, -0.2) is 92.9 Å². The van der Waals surface area contributed by atoms with Crippen LogP contribution in [-0.2, 0) is 14.8 Å². The van der Waals surface area contributed by atoms with Gasteiger partial charge in [-0.2, -0.15) is 0 Å². The third-order valence-corrected chi connectivity index (χ3v) is 10.5. The molecule has 2 aromatic rings. The van der Waals surface area contributed by atoms with Gasteiger partial charge in [-0.15, -0.1) is 0 Å². The highest BCUT2D eigenvalue weighted by molar-refractivity contribution is 7.92. The third kappa shape index (κ3) is 10.3. The summed E-state index contributed by atoms with van der Waals surface area (Å²) in [5.41, 5.74) is 0.408. The minimum Gasteiger partial charge on any atom is -0.490 e. The standard InChI is InChI=1S/C35H52N4O7S/c1-25-22-39(26(2)24-40)34(41)31-21-29(37-47(43,44)30-16-9-6-10-17-30)18-19-32(31)46-27(3)13-11-12-20-45-33(25)23-38(4)35(42)36-28-14-7-5-8-15-28/h6,9-10,16-19,21,25-28,33,37,40H,5,7-8,11-15,20,22-24H2,1-4H3,(H,36,42)/t25-,26-,27-,33-/m1/s1. The molecule has 1 saturated carbocycles. The van der Waals surface area contributed by atoms with Crippen LogP contribution in [0.25, 0.3) is 0 Å². The van der Waals surface area contributed by atoms with Gasteiger partial charge in [0, 0.05) is 44.4 Å². The van der Waals surface area contributed by atoms with Crippen molar-refractivity contribution in [1.82, 2.24) is 15.1 Å². The monoisotopic (exact) mass is 672 g/mol. The van der Waals surface area contributed by atoms with Crippen LogP contribution in [0, 0.1) is 5.92 Å². The number of sulfonamides is 1. The van der Waals surface area contributed by atoms with Crippen LogP contribution in [0.5, 0.6) is 5.75 Å². The van der Waals surface area contributed by atoms with E-state index < -0.39 is 22.0 Å². The Morgan fingerprint density at radius 2 is 1.74 bits per heavy atom. The van der Waals surface area contributed by atoms with Crippen LogP contribution in [0.2, 0.25) is 0 Å². The van der Waals surface area contributed by atoms with Crippen LogP contribution in [0.1, 0.15) is 82.5 Å². The molecule has 0 bridgehead atoms. The van der Waals surface area contributed by atoms with Gasteiger partial charge in [0.25, 0.3) is 15.9 Å². The van der Waals surface area contributed by atoms with Gasteiger partial charge in [-0.25, -0.2) is 13.2 Å². The topological polar surface area (TPSA) is 138 Å². The van der Waals surface area contributed by atoms with Gasteiger partial charge >= 0.3 is 6.03 Å². The fourth-order valence-corrected chi connectivity index (χ4v) is 7.22. The first-order valence-corrected chi connectivity index (χ1v) is 18.4. The Morgan fingerprint density at radius 3 is 2.45 bits per heavy atom. The van der Waals surface area contributed by atoms with E-state index in [1.54, 1.807) is 54.1 Å². The summed E-state index contributed by atoms with van der Waals surface area (Å²) in [6, 6.07) is 12.2. The number of hydrogen-bond donors (Lipinski definition) is 3. The van der Waals surface area contributed by atoms with Crippen molar-refractivity contribution in [3.63, 3.8) is 0 Å². The molecule has 2 aliphatic rings. The van der Waals surface area contributed by atoms with Gasteiger partial charge in [-0.3, -0.25) is 9.52 Å². The molecule has 12 heteroatoms. The highest BCUT2D eigenvalue weighted by Gasteiger charge is 2.31. The maximum atomic E-state index is 14.3. The number of fused-ring (bicyclic) bond motifs is 1. The number of nitrogens with zero attached hydrogens (tertiary/aromatic N) is 2. The lowest BCUT2D eigenvalue weighted by Crippen LogP contribution is -2.50. The molecule has 0 spiro atoms. The first-order valence-electron chi connectivity index (χ1n) is 16.9. The van der Waals surface area contributed by atoms with Crippen molar-refractivity contribution in [2.75, 3.05) is 38.1 Å². The van der Waals surface area contributed by atoms with Gasteiger partial charge in [0.1, 0.15) is 5.75 Å². The van der Waals surface area contributed by atoms with Crippen molar-refractivity contribution in [3.05, 3.63) is 54.1 Å². The summed E-state index contributed by atoms with van der Waals surface area (Å²) in [5.74, 6) is -0.263. The van der Waals surface area contributed by atoms with Crippen molar-refractivity contribution in [2.24, 2.45) is 5.92 Å². The van der Waals surface area contributed by atoms with E-state index in [0.29, 0.717) is 18.9 Å². The largest absolute Gasteiger partial charge is 0.490 e. The number of rotatable bonds is 8. The number of likely N-dealkylation sites (N-methyl/N-ethyl adjacent to an activating group) is 1. The van der Waals surface area contributed by atoms with Crippen LogP contribution in [0.4, 0.5) is 10.5 Å². The zero-order chi connectivity index (χ0) is 34.0. The van der Waals surface area contributed by atoms with Gasteiger partial charge in [0.15, 0.2) is 0 Å². The Kier molecular flexibility index (Phi) is 13.3. The molecule has 3 amide bonds. The van der Waals surface area contributed by atoms with Gasteiger partial charge in [-0.05, 0) is 76.3 Å². The average molecular weight is 673 g/mol. The smallest absolute Gasteiger partial charge is 0.317 e. The van der Waals surface area contributed by atoms with Crippen molar-refractivity contribution >= 4 is 27.6 Å². The van der Waals surface area contributed by atoms with E-state index in [0.717, 1.165) is 44.9 Å². The molecule has 0 unspecified atom stereocenters. The number of hydrogen-bond acceptors (Lipinski definition) is 7. The molecule has 0 radical (unpaired) electrons. The van der Waals surface area contributed by atoms with Gasteiger partial charge in [0.05, 0.1) is 35.3 Å². The SMILES string of the molecule is C[C@@H]1CCCCO[C@H](CN(C)C(=O)NC2CCCCC2)[C@H](C)CN([C@H](C)CO)C(=O)c2cc(NS(=O)(=O)c3ccccc3)ccc2O1. The average Bonchev–Trinajstić information content (AvgIpc) is 3.06. The summed E-state index contributed by atoms with van der Waals surface area (Å²) < 4.78 is 41.4. The van der Waals surface area contributed by atoms with E-state index in [4.69, 9.17) is 9.47 Å². The number of anilines is 1. The second-order valence-electron chi connectivity index (χ2n) is 13.1. The van der Waals surface area contributed by atoms with Crippen molar-refractivity contribution in [1.29, 1.82) is 0 Å². The Balaban J connectivity index is 1.60. The minimum atomic E-state index is -3.91. The molecular formula is C35H52N4O7S. The molecule has 0 aromatic heterocycles. The molecule has 0 saturated heterocycles. The number of benzene rings is 2. The van der Waals surface area contributed by atoms with Crippen LogP contribution >= 0.6 is 0 Å². The number of amides is 3. The Labute approximate surface area is 280 Å². The van der Waals surface area contributed by atoms with Crippen molar-refractivity contribution in [2.45, 2.75) is 101 Å². The van der Waals surface area contributed by atoms with E-state index in [1.165, 1.54) is 24.6 Å². The molecule has 11 nitrogen and oxygen atoms in total. The summed E-state index contributed by atoms with van der Waals surface area (Å²) in [6.07, 6.45) is 7.22. The Bertz CT molecular complexity index is 1420. The normalized spacial score (nSPS) is 22.7. The second kappa shape index (κ2) is 17.2. The summed E-state index contributed by atoms with van der Waals surface area (Å²) in [6.45, 7) is 6.49. The van der Waals surface area contributed by atoms with Gasteiger partial charge in [0.2, 0.25) is 0 Å². The molecule has 3 N–H and O–H groups in total. The molecule has 2 aromatic carbocycles. The van der Waals surface area contributed by atoms with Crippen LogP contribution in [0.15, 0.2) is 53.4 Å². The number of urea groups is 1. The third-order valence-electron chi connectivity index (χ3n) is 9.09. The van der Waals surface area contributed by atoms with Crippen LogP contribution < -0.4 is 14.8 Å². The molecule has 1 aliphatic carbocycles. The minimum absolute atomic E-state index is 0.101. The molecule has 260 valence electrons. The van der Waals surface area contributed by atoms with E-state index in [9.17, 15) is 23.1 Å². The summed E-state index contributed by atoms with van der Waals surface area (Å²) in [7, 11) is -2.14. The lowest BCUT2D eigenvalue weighted by molar-refractivity contribution is -0.0123. The highest BCUT2D eigenvalue weighted by Crippen LogP contribution is 2.29. The van der Waals surface area contributed by atoms with Gasteiger partial charge in [-0.1, -0.05) is 44.4 Å². The fraction of sp³-hybridized carbons (Fsp3) is 0.600. The maximum absolute atomic E-state index is 14.3. The zero-order valence-electron chi connectivity index (χ0n) is 28.2. The second-order valence-corrected chi connectivity index (χ2v) is 14.8. The molecular weight excluding hydrogens is 620 g/mol. The lowest BCUT2D eigenvalue weighted by Gasteiger charge is -2.36. The number of nitrogens with one attached hydrogen (secondary N) is 2. The number of ether oxygens (including phenoxy) is 2. The van der Waals surface area contributed by atoms with Gasteiger partial charge < -0.3 is 29.7 Å². The summed E-state index contributed by atoms with van der Waals surface area (Å²) in [4.78, 5) is 30.8. The number of carbonyl (C=O) groups excluding carboxylic acids is 2. The lowest BCUT2D eigenvalue weighted by atomic mass is 9.96. The quantitative estimate of drug-likeness (QED) is 0.348. The van der Waals surface area contributed by atoms with Crippen molar-refractivity contribution in [3.8, 4) is 5.75 Å². The molecule has 47 heavy (non-hydrogen) atoms. The Morgan fingerprint density at radius 1 is 1.04 bits per heavy atom. The number of aliphatic hydroxyl groups excluding tert-OH is 1. The maximum Gasteiger partial charge on any atom is 0.317 e. The fourth-order valence-electron chi connectivity index (χ4n) is 6.15. The number of carbonyl (C=O) groups is 2. The summed E-state index contributed by atoms with van der Waals surface area (Å²) >= 11 is 0. The highest BCUT2D eigenvalue weighted by atomic mass is 32.2. The van der Waals surface area contributed by atoms with E-state index >= 15 is 0 Å².